The molecule has 2 aromatic carbocycles. The lowest BCUT2D eigenvalue weighted by Crippen LogP contribution is -2.32. The van der Waals surface area contributed by atoms with Crippen molar-refractivity contribution in [2.45, 2.75) is 50.8 Å². The van der Waals surface area contributed by atoms with Crippen LogP contribution in [0, 0.1) is 6.92 Å². The van der Waals surface area contributed by atoms with Crippen molar-refractivity contribution in [3.8, 4) is 11.5 Å². The Labute approximate surface area is 189 Å². The molecule has 3 aliphatic rings. The van der Waals surface area contributed by atoms with Crippen LogP contribution in [0.3, 0.4) is 0 Å². The average molecular weight is 439 g/mol. The van der Waals surface area contributed by atoms with E-state index in [-0.39, 0.29) is 5.91 Å². The molecule has 6 heteroatoms. The molecule has 3 fully saturated rings. The van der Waals surface area contributed by atoms with Gasteiger partial charge in [0, 0.05) is 38.3 Å². The molecule has 2 aromatic rings. The van der Waals surface area contributed by atoms with Crippen LogP contribution in [-0.2, 0) is 4.79 Å². The van der Waals surface area contributed by atoms with Crippen LogP contribution >= 0.6 is 0 Å². The molecule has 5 rings (SSSR count). The summed E-state index contributed by atoms with van der Waals surface area (Å²) in [5, 5.41) is 0. The predicted molar refractivity (Wildman–Crippen MR) is 122 cm³/mol. The molecule has 0 spiro atoms. The van der Waals surface area contributed by atoms with Gasteiger partial charge in [-0.2, -0.15) is 0 Å². The largest absolute Gasteiger partial charge is 0.492 e. The third-order valence-electron chi connectivity index (χ3n) is 6.71. The van der Waals surface area contributed by atoms with E-state index in [2.05, 4.69) is 17.0 Å². The number of rotatable bonds is 8. The van der Waals surface area contributed by atoms with E-state index in [1.54, 1.807) is 4.90 Å². The molecule has 5 nitrogen and oxygen atoms in total. The fraction of sp³-hybridized carbons (Fsp3) is 0.500. The van der Waals surface area contributed by atoms with Gasteiger partial charge in [0.05, 0.1) is 0 Å². The van der Waals surface area contributed by atoms with E-state index >= 15 is 0 Å². The van der Waals surface area contributed by atoms with E-state index in [1.807, 2.05) is 37.3 Å². The summed E-state index contributed by atoms with van der Waals surface area (Å²) in [5.41, 5.74) is 3.22. The lowest BCUT2D eigenvalue weighted by atomic mass is 10.1. The van der Waals surface area contributed by atoms with Crippen LogP contribution in [0.4, 0.5) is 10.1 Å². The van der Waals surface area contributed by atoms with Gasteiger partial charge in [-0.3, -0.25) is 9.69 Å². The van der Waals surface area contributed by atoms with Crippen molar-refractivity contribution < 1.29 is 18.7 Å². The van der Waals surface area contributed by atoms with Gasteiger partial charge in [-0.1, -0.05) is 12.1 Å². The molecule has 2 saturated heterocycles. The number of nitrogens with zero attached hydrogens (tertiary/aromatic N) is 2. The summed E-state index contributed by atoms with van der Waals surface area (Å²) in [6, 6.07) is 14.0. The predicted octanol–water partition coefficient (Wildman–Crippen LogP) is 4.48. The van der Waals surface area contributed by atoms with Gasteiger partial charge in [0.25, 0.3) is 5.91 Å². The van der Waals surface area contributed by atoms with Crippen molar-refractivity contribution >= 4 is 11.6 Å². The normalized spacial score (nSPS) is 23.7. The zero-order chi connectivity index (χ0) is 22.1. The van der Waals surface area contributed by atoms with Gasteiger partial charge in [0.1, 0.15) is 24.3 Å². The Morgan fingerprint density at radius 2 is 1.84 bits per heavy atom. The number of aryl methyl sites for hydroxylation is 1. The standard InChI is InChI=1S/C26H31FN2O3/c1-18-16-22(6-9-24(18)31-15-14-28-12-10-21(27)17-28)29-13-11-25(26(29)30)32-23-7-4-20(5-8-23)19-2-3-19/h4-9,16,19,21,25H,2-3,10-15,17H2,1H3/t21-,25+/m1/s1. The lowest BCUT2D eigenvalue weighted by Gasteiger charge is -2.20. The molecule has 0 aromatic heterocycles. The molecule has 0 radical (unpaired) electrons. The van der Waals surface area contributed by atoms with Crippen LogP contribution < -0.4 is 14.4 Å². The topological polar surface area (TPSA) is 42.0 Å². The highest BCUT2D eigenvalue weighted by molar-refractivity contribution is 5.99. The number of carbonyl (C=O) groups is 1. The van der Waals surface area contributed by atoms with Crippen molar-refractivity contribution in [3.63, 3.8) is 0 Å². The fourth-order valence-electron chi connectivity index (χ4n) is 4.66. The first-order chi connectivity index (χ1) is 15.6. The van der Waals surface area contributed by atoms with Gasteiger partial charge >= 0.3 is 0 Å². The summed E-state index contributed by atoms with van der Waals surface area (Å²) in [4.78, 5) is 16.9. The molecule has 2 heterocycles. The third-order valence-corrected chi connectivity index (χ3v) is 6.71. The number of anilines is 1. The van der Waals surface area contributed by atoms with Crippen molar-refractivity contribution in [1.29, 1.82) is 0 Å². The number of alkyl halides is 1. The Kier molecular flexibility index (Phi) is 6.05. The fourth-order valence-corrected chi connectivity index (χ4v) is 4.66. The van der Waals surface area contributed by atoms with Crippen molar-refractivity contribution in [2.24, 2.45) is 0 Å². The van der Waals surface area contributed by atoms with E-state index < -0.39 is 12.3 Å². The maximum absolute atomic E-state index is 13.3. The SMILES string of the molecule is Cc1cc(N2CC[C@H](Oc3ccc(C4CC4)cc3)C2=O)ccc1OCCN1CC[C@@H](F)C1. The zero-order valence-electron chi connectivity index (χ0n) is 18.6. The van der Waals surface area contributed by atoms with Gasteiger partial charge in [-0.15, -0.1) is 0 Å². The number of likely N-dealkylation sites (tertiary alicyclic amines) is 1. The maximum atomic E-state index is 13.3. The van der Waals surface area contributed by atoms with Crippen LogP contribution in [0.15, 0.2) is 42.5 Å². The zero-order valence-corrected chi connectivity index (χ0v) is 18.6. The van der Waals surface area contributed by atoms with Crippen LogP contribution in [-0.4, -0.2) is 55.9 Å². The van der Waals surface area contributed by atoms with E-state index in [0.29, 0.717) is 38.5 Å². The molecule has 2 aliphatic heterocycles. The first-order valence-electron chi connectivity index (χ1n) is 11.7. The first kappa shape index (κ1) is 21.3. The Morgan fingerprint density at radius 1 is 1.03 bits per heavy atom. The second kappa shape index (κ2) is 9.10. The Bertz CT molecular complexity index is 960. The summed E-state index contributed by atoms with van der Waals surface area (Å²) in [6.45, 7) is 5.20. The van der Waals surface area contributed by atoms with E-state index in [1.165, 1.54) is 18.4 Å². The number of amides is 1. The minimum Gasteiger partial charge on any atom is -0.492 e. The number of hydrogen-bond acceptors (Lipinski definition) is 4. The number of hydrogen-bond donors (Lipinski definition) is 0. The first-order valence-corrected chi connectivity index (χ1v) is 11.7. The molecule has 1 amide bonds. The van der Waals surface area contributed by atoms with Crippen LogP contribution in [0.25, 0.3) is 0 Å². The second-order valence-corrected chi connectivity index (χ2v) is 9.21. The average Bonchev–Trinajstić information content (AvgIpc) is 3.47. The number of benzene rings is 2. The summed E-state index contributed by atoms with van der Waals surface area (Å²) < 4.78 is 25.2. The van der Waals surface area contributed by atoms with Crippen LogP contribution in [0.1, 0.15) is 42.7 Å². The maximum Gasteiger partial charge on any atom is 0.268 e. The van der Waals surface area contributed by atoms with Crippen LogP contribution in [0.5, 0.6) is 11.5 Å². The monoisotopic (exact) mass is 438 g/mol. The molecule has 0 N–H and O–H groups in total. The molecular formula is C26H31FN2O3. The molecule has 0 unspecified atom stereocenters. The lowest BCUT2D eigenvalue weighted by molar-refractivity contribution is -0.122. The van der Waals surface area contributed by atoms with Gasteiger partial charge in [-0.05, 0) is 73.6 Å². The highest BCUT2D eigenvalue weighted by Gasteiger charge is 2.34. The third kappa shape index (κ3) is 4.75. The van der Waals surface area contributed by atoms with E-state index in [9.17, 15) is 9.18 Å². The van der Waals surface area contributed by atoms with E-state index in [4.69, 9.17) is 9.47 Å². The summed E-state index contributed by atoms with van der Waals surface area (Å²) in [7, 11) is 0. The summed E-state index contributed by atoms with van der Waals surface area (Å²) in [5.74, 6) is 2.27. The van der Waals surface area contributed by atoms with Gasteiger partial charge < -0.3 is 14.4 Å². The molecule has 0 bridgehead atoms. The minimum atomic E-state index is -0.705. The quantitative estimate of drug-likeness (QED) is 0.610. The molecule has 32 heavy (non-hydrogen) atoms. The molecule has 170 valence electrons. The Morgan fingerprint density at radius 3 is 2.53 bits per heavy atom. The molecular weight excluding hydrogens is 407 g/mol. The van der Waals surface area contributed by atoms with Gasteiger partial charge in [0.2, 0.25) is 0 Å². The molecule has 2 atom stereocenters. The smallest absolute Gasteiger partial charge is 0.268 e. The van der Waals surface area contributed by atoms with Crippen LogP contribution in [0.2, 0.25) is 0 Å². The van der Waals surface area contributed by atoms with E-state index in [0.717, 1.165) is 35.8 Å². The number of ether oxygens (including phenoxy) is 2. The van der Waals surface area contributed by atoms with Gasteiger partial charge in [0.15, 0.2) is 6.10 Å². The highest BCUT2D eigenvalue weighted by Crippen LogP contribution is 2.40. The molecule has 1 aliphatic carbocycles. The summed E-state index contributed by atoms with van der Waals surface area (Å²) >= 11 is 0. The number of halogens is 1. The van der Waals surface area contributed by atoms with Crippen molar-refractivity contribution in [2.75, 3.05) is 37.7 Å². The molecule has 1 saturated carbocycles. The number of carbonyl (C=O) groups excluding carboxylic acids is 1. The Hall–Kier alpha value is -2.60. The van der Waals surface area contributed by atoms with Crippen molar-refractivity contribution in [1.82, 2.24) is 4.90 Å². The highest BCUT2D eigenvalue weighted by atomic mass is 19.1. The van der Waals surface area contributed by atoms with Crippen molar-refractivity contribution in [3.05, 3.63) is 53.6 Å². The summed E-state index contributed by atoms with van der Waals surface area (Å²) in [6.07, 6.45) is 2.69. The van der Waals surface area contributed by atoms with Gasteiger partial charge in [-0.25, -0.2) is 4.39 Å². The Balaban J connectivity index is 1.15. The second-order valence-electron chi connectivity index (χ2n) is 9.21. The minimum absolute atomic E-state index is 0.000789.